The summed E-state index contributed by atoms with van der Waals surface area (Å²) in [4.78, 5) is 11.7. The van der Waals surface area contributed by atoms with E-state index in [0.29, 0.717) is 33.9 Å². The number of benzene rings is 2. The van der Waals surface area contributed by atoms with Crippen LogP contribution in [0.4, 0.5) is 5.69 Å². The molecule has 2 aromatic rings. The van der Waals surface area contributed by atoms with Crippen molar-refractivity contribution in [2.75, 3.05) is 33.2 Å². The largest absolute Gasteiger partial charge is 0.493 e. The molecular formula is C20H23ClN2O4S. The van der Waals surface area contributed by atoms with Gasteiger partial charge in [0, 0.05) is 12.2 Å². The zero-order chi connectivity index (χ0) is 20.5. The Labute approximate surface area is 175 Å². The van der Waals surface area contributed by atoms with E-state index in [1.807, 2.05) is 18.2 Å². The van der Waals surface area contributed by atoms with Gasteiger partial charge >= 0.3 is 5.97 Å². The van der Waals surface area contributed by atoms with Crippen molar-refractivity contribution in [1.82, 2.24) is 5.32 Å². The van der Waals surface area contributed by atoms with E-state index < -0.39 is 5.97 Å². The Morgan fingerprint density at radius 1 is 1.07 bits per heavy atom. The molecule has 0 fully saturated rings. The van der Waals surface area contributed by atoms with Crippen LogP contribution in [-0.2, 0) is 11.2 Å². The van der Waals surface area contributed by atoms with E-state index in [2.05, 4.69) is 10.6 Å². The van der Waals surface area contributed by atoms with Gasteiger partial charge in [0.05, 0.1) is 31.9 Å². The molecular weight excluding hydrogens is 400 g/mol. The molecule has 8 heteroatoms. The first-order valence-electron chi connectivity index (χ1n) is 8.62. The topological polar surface area (TPSA) is 68.8 Å². The molecule has 0 aliphatic heterocycles. The molecule has 0 unspecified atom stereocenters. The number of hydrogen-bond donors (Lipinski definition) is 2. The minimum Gasteiger partial charge on any atom is -0.493 e. The van der Waals surface area contributed by atoms with Gasteiger partial charge in [0.1, 0.15) is 0 Å². The fourth-order valence-electron chi connectivity index (χ4n) is 2.58. The van der Waals surface area contributed by atoms with Crippen molar-refractivity contribution in [3.05, 3.63) is 52.5 Å². The number of thiocarbonyl (C=S) groups is 1. The molecule has 0 spiro atoms. The molecule has 150 valence electrons. The highest BCUT2D eigenvalue weighted by molar-refractivity contribution is 7.80. The second kappa shape index (κ2) is 10.7. The fraction of sp³-hybridized carbons (Fsp3) is 0.300. The van der Waals surface area contributed by atoms with Crippen LogP contribution in [0, 0.1) is 0 Å². The average molecular weight is 423 g/mol. The lowest BCUT2D eigenvalue weighted by Crippen LogP contribution is -2.29. The molecule has 0 aliphatic carbocycles. The Bertz CT molecular complexity index is 845. The number of hydrogen-bond acceptors (Lipinski definition) is 5. The van der Waals surface area contributed by atoms with Crippen LogP contribution in [0.5, 0.6) is 11.5 Å². The zero-order valence-corrected chi connectivity index (χ0v) is 17.6. The molecule has 0 atom stereocenters. The second-order valence-electron chi connectivity index (χ2n) is 5.86. The zero-order valence-electron chi connectivity index (χ0n) is 16.0. The molecule has 2 N–H and O–H groups in total. The number of aryl methyl sites for hydroxylation is 1. The van der Waals surface area contributed by atoms with Crippen molar-refractivity contribution in [3.8, 4) is 11.5 Å². The number of methoxy groups -OCH3 is 3. The lowest BCUT2D eigenvalue weighted by atomic mass is 10.1. The fourth-order valence-corrected chi connectivity index (χ4v) is 2.99. The van der Waals surface area contributed by atoms with Crippen LogP contribution in [0.25, 0.3) is 0 Å². The summed E-state index contributed by atoms with van der Waals surface area (Å²) >= 11 is 11.3. The average Bonchev–Trinajstić information content (AvgIpc) is 2.71. The Morgan fingerprint density at radius 2 is 1.82 bits per heavy atom. The van der Waals surface area contributed by atoms with E-state index in [1.165, 1.54) is 7.11 Å². The van der Waals surface area contributed by atoms with Crippen molar-refractivity contribution < 1.29 is 19.0 Å². The van der Waals surface area contributed by atoms with Gasteiger partial charge in [-0.15, -0.1) is 0 Å². The molecule has 0 bridgehead atoms. The molecule has 0 amide bonds. The lowest BCUT2D eigenvalue weighted by Gasteiger charge is -2.12. The van der Waals surface area contributed by atoms with E-state index in [4.69, 9.17) is 38.0 Å². The Balaban J connectivity index is 1.83. The van der Waals surface area contributed by atoms with Gasteiger partial charge in [-0.3, -0.25) is 0 Å². The smallest absolute Gasteiger partial charge is 0.339 e. The van der Waals surface area contributed by atoms with Crippen LogP contribution >= 0.6 is 23.8 Å². The maximum atomic E-state index is 11.7. The maximum absolute atomic E-state index is 11.7. The monoisotopic (exact) mass is 422 g/mol. The number of anilines is 1. The number of esters is 1. The Kier molecular flexibility index (Phi) is 8.35. The minimum atomic E-state index is -0.498. The van der Waals surface area contributed by atoms with Crippen LogP contribution in [-0.4, -0.2) is 39.0 Å². The quantitative estimate of drug-likeness (QED) is 0.377. The highest BCUT2D eigenvalue weighted by Crippen LogP contribution is 2.28. The van der Waals surface area contributed by atoms with Crippen molar-refractivity contribution in [2.45, 2.75) is 12.8 Å². The summed E-state index contributed by atoms with van der Waals surface area (Å²) in [5, 5.41) is 6.97. The SMILES string of the molecule is COC(=O)c1cc(NC(=S)NCCCc2ccc(OC)c(OC)c2)ccc1Cl. The highest BCUT2D eigenvalue weighted by Gasteiger charge is 2.12. The van der Waals surface area contributed by atoms with Crippen LogP contribution in [0.1, 0.15) is 22.3 Å². The summed E-state index contributed by atoms with van der Waals surface area (Å²) in [7, 11) is 4.54. The van der Waals surface area contributed by atoms with Crippen molar-refractivity contribution in [1.29, 1.82) is 0 Å². The minimum absolute atomic E-state index is 0.283. The number of carbonyl (C=O) groups is 1. The number of halogens is 1. The normalized spacial score (nSPS) is 10.1. The van der Waals surface area contributed by atoms with Crippen LogP contribution in [0.15, 0.2) is 36.4 Å². The van der Waals surface area contributed by atoms with Crippen LogP contribution in [0.2, 0.25) is 5.02 Å². The van der Waals surface area contributed by atoms with Gasteiger partial charge in [0.15, 0.2) is 16.6 Å². The first-order valence-corrected chi connectivity index (χ1v) is 9.40. The molecule has 0 aliphatic rings. The summed E-state index contributed by atoms with van der Waals surface area (Å²) in [6, 6.07) is 10.8. The number of ether oxygens (including phenoxy) is 3. The second-order valence-corrected chi connectivity index (χ2v) is 6.68. The molecule has 0 radical (unpaired) electrons. The van der Waals surface area contributed by atoms with Gasteiger partial charge in [-0.25, -0.2) is 4.79 Å². The standard InChI is InChI=1S/C20H23ClN2O4S/c1-25-17-9-6-13(11-18(17)26-2)5-4-10-22-20(28)23-14-7-8-16(21)15(12-14)19(24)27-3/h6-9,11-12H,4-5,10H2,1-3H3,(H2,22,23,28). The van der Waals surface area contributed by atoms with Crippen LogP contribution in [0.3, 0.4) is 0 Å². The highest BCUT2D eigenvalue weighted by atomic mass is 35.5. The van der Waals surface area contributed by atoms with E-state index in [1.54, 1.807) is 32.4 Å². The van der Waals surface area contributed by atoms with Crippen LogP contribution < -0.4 is 20.1 Å². The third-order valence-electron chi connectivity index (χ3n) is 4.01. The molecule has 0 aromatic heterocycles. The lowest BCUT2D eigenvalue weighted by molar-refractivity contribution is 0.0601. The molecule has 0 saturated heterocycles. The van der Waals surface area contributed by atoms with Gasteiger partial charge in [0.25, 0.3) is 0 Å². The van der Waals surface area contributed by atoms with Gasteiger partial charge < -0.3 is 24.8 Å². The van der Waals surface area contributed by atoms with Gasteiger partial charge in [0.2, 0.25) is 0 Å². The van der Waals surface area contributed by atoms with E-state index >= 15 is 0 Å². The summed E-state index contributed by atoms with van der Waals surface area (Å²) in [6.45, 7) is 0.692. The molecule has 2 aromatic carbocycles. The number of nitrogens with one attached hydrogen (secondary N) is 2. The van der Waals surface area contributed by atoms with Crippen molar-refractivity contribution in [3.63, 3.8) is 0 Å². The van der Waals surface area contributed by atoms with E-state index in [9.17, 15) is 4.79 Å². The predicted molar refractivity (Wildman–Crippen MR) is 115 cm³/mol. The van der Waals surface area contributed by atoms with E-state index in [0.717, 1.165) is 18.4 Å². The third kappa shape index (κ3) is 6.00. The van der Waals surface area contributed by atoms with E-state index in [-0.39, 0.29) is 5.56 Å². The molecule has 0 saturated carbocycles. The van der Waals surface area contributed by atoms with Crippen molar-refractivity contribution >= 4 is 40.6 Å². The Morgan fingerprint density at radius 3 is 2.50 bits per heavy atom. The molecule has 28 heavy (non-hydrogen) atoms. The van der Waals surface area contributed by atoms with Crippen molar-refractivity contribution in [2.24, 2.45) is 0 Å². The summed E-state index contributed by atoms with van der Waals surface area (Å²) in [5.41, 5.74) is 2.09. The molecule has 2 rings (SSSR count). The predicted octanol–water partition coefficient (Wildman–Crippen LogP) is 4.06. The van der Waals surface area contributed by atoms with Gasteiger partial charge in [-0.2, -0.15) is 0 Å². The molecule has 0 heterocycles. The third-order valence-corrected chi connectivity index (χ3v) is 4.58. The maximum Gasteiger partial charge on any atom is 0.339 e. The summed E-state index contributed by atoms with van der Waals surface area (Å²) in [5.74, 6) is 0.931. The number of carbonyl (C=O) groups excluding carboxylic acids is 1. The van der Waals surface area contributed by atoms with Gasteiger partial charge in [-0.05, 0) is 61.0 Å². The summed E-state index contributed by atoms with van der Waals surface area (Å²) in [6.07, 6.45) is 1.74. The first-order chi connectivity index (χ1) is 13.5. The summed E-state index contributed by atoms with van der Waals surface area (Å²) < 4.78 is 15.3. The Hall–Kier alpha value is -2.51. The van der Waals surface area contributed by atoms with Gasteiger partial charge in [-0.1, -0.05) is 17.7 Å². The molecule has 6 nitrogen and oxygen atoms in total. The first kappa shape index (κ1) is 21.8. The number of rotatable bonds is 8.